The molecule has 0 aromatic heterocycles. The summed E-state index contributed by atoms with van der Waals surface area (Å²) in [6.45, 7) is 1.52. The molecule has 0 bridgehead atoms. The molecule has 50 valence electrons. The van der Waals surface area contributed by atoms with Gasteiger partial charge in [0, 0.05) is 0 Å². The van der Waals surface area contributed by atoms with E-state index in [4.69, 9.17) is 5.73 Å². The molecular formula is C4H8NNa3O3. The molecule has 11 heavy (non-hydrogen) atoms. The van der Waals surface area contributed by atoms with E-state index in [1.807, 2.05) is 0 Å². The zero-order valence-corrected chi connectivity index (χ0v) is 13.6. The Morgan fingerprint density at radius 3 is 1.45 bits per heavy atom. The predicted octanol–water partition coefficient (Wildman–Crippen LogP) is -12.5. The number of rotatable bonds is 2. The molecule has 0 aliphatic heterocycles. The summed E-state index contributed by atoms with van der Waals surface area (Å²) in [6, 6.07) is -1.32. The summed E-state index contributed by atoms with van der Waals surface area (Å²) in [7, 11) is 0. The molecule has 2 N–H and O–H groups in total. The third kappa shape index (κ3) is 12.8. The monoisotopic (exact) mass is 187 g/mol. The quantitative estimate of drug-likeness (QED) is 0.343. The minimum absolute atomic E-state index is 0. The van der Waals surface area contributed by atoms with Crippen LogP contribution >= 0.6 is 0 Å². The van der Waals surface area contributed by atoms with E-state index in [-0.39, 0.29) is 95.1 Å². The molecular weight excluding hydrogens is 179 g/mol. The average molecular weight is 187 g/mol. The van der Waals surface area contributed by atoms with E-state index in [0.717, 1.165) is 0 Å². The van der Waals surface area contributed by atoms with Crippen molar-refractivity contribution in [3.63, 3.8) is 0 Å². The van der Waals surface area contributed by atoms with Crippen molar-refractivity contribution in [2.75, 3.05) is 0 Å². The Balaban J connectivity index is -0.0000000817. The summed E-state index contributed by atoms with van der Waals surface area (Å²) < 4.78 is 0. The third-order valence-corrected chi connectivity index (χ3v) is 0.894. The Kier molecular flexibility index (Phi) is 23.4. The van der Waals surface area contributed by atoms with Crippen LogP contribution in [0, 0.1) is 0 Å². The van der Waals surface area contributed by atoms with Gasteiger partial charge < -0.3 is 27.0 Å². The molecule has 1 atom stereocenters. The van der Waals surface area contributed by atoms with Crippen LogP contribution in [0.4, 0.5) is 0 Å². The molecule has 0 spiro atoms. The van der Waals surface area contributed by atoms with Crippen molar-refractivity contribution in [1.82, 2.24) is 0 Å². The first kappa shape index (κ1) is 23.6. The fraction of sp³-hybridized carbons (Fsp3) is 1.00. The van der Waals surface area contributed by atoms with Gasteiger partial charge in [-0.25, -0.2) is 0 Å². The van der Waals surface area contributed by atoms with Gasteiger partial charge in [-0.05, 0) is 12.5 Å². The van der Waals surface area contributed by atoms with Crippen LogP contribution < -0.4 is 110 Å². The SMILES string of the molecule is CCC(N)C([O-])([O-])[O-].[Na+].[Na+].[Na+]. The van der Waals surface area contributed by atoms with Gasteiger partial charge in [-0.3, -0.25) is 0 Å². The van der Waals surface area contributed by atoms with Gasteiger partial charge in [0.05, 0.1) is 0 Å². The molecule has 0 rings (SSSR count). The Hall–Kier alpha value is 2.84. The van der Waals surface area contributed by atoms with E-state index in [2.05, 4.69) is 0 Å². The predicted molar refractivity (Wildman–Crippen MR) is 21.0 cm³/mol. The van der Waals surface area contributed by atoms with Crippen molar-refractivity contribution in [2.45, 2.75) is 25.4 Å². The first-order valence-corrected chi connectivity index (χ1v) is 2.35. The standard InChI is InChI=1S/C4H8NO3.3Na/c1-2-3(5)4(6,7)8;;;/h3H,2,5H2,1H3;;;/q-3;3*+1. The van der Waals surface area contributed by atoms with Crippen LogP contribution in [0.15, 0.2) is 0 Å². The molecule has 7 heteroatoms. The number of hydrogen-bond donors (Lipinski definition) is 1. The zero-order chi connectivity index (χ0) is 6.78. The Morgan fingerprint density at radius 1 is 1.18 bits per heavy atom. The second-order valence-electron chi connectivity index (χ2n) is 1.62. The third-order valence-electron chi connectivity index (χ3n) is 0.894. The smallest absolute Gasteiger partial charge is 0.875 e. The van der Waals surface area contributed by atoms with Gasteiger partial charge in [-0.15, -0.1) is 0 Å². The van der Waals surface area contributed by atoms with Crippen LogP contribution in [-0.4, -0.2) is 12.0 Å². The number of hydrogen-bond acceptors (Lipinski definition) is 4. The van der Waals surface area contributed by atoms with Crippen molar-refractivity contribution in [3.8, 4) is 0 Å². The van der Waals surface area contributed by atoms with Gasteiger partial charge in [-0.1, -0.05) is 6.92 Å². The summed E-state index contributed by atoms with van der Waals surface area (Å²) in [6.07, 6.45) is 0.135. The van der Waals surface area contributed by atoms with E-state index >= 15 is 0 Å². The minimum atomic E-state index is -3.46. The Labute approximate surface area is 133 Å². The fourth-order valence-electron chi connectivity index (χ4n) is 0.250. The second kappa shape index (κ2) is 10.9. The maximum atomic E-state index is 9.80. The molecule has 0 amide bonds. The molecule has 0 radical (unpaired) electrons. The summed E-state index contributed by atoms with van der Waals surface area (Å²) in [4.78, 5) is 0. The normalized spacial score (nSPS) is 11.7. The molecule has 0 heterocycles. The Morgan fingerprint density at radius 2 is 1.45 bits per heavy atom. The molecule has 0 aliphatic carbocycles. The fourth-order valence-corrected chi connectivity index (χ4v) is 0.250. The van der Waals surface area contributed by atoms with Crippen molar-refractivity contribution < 1.29 is 104 Å². The van der Waals surface area contributed by atoms with Gasteiger partial charge in [0.15, 0.2) is 0 Å². The van der Waals surface area contributed by atoms with Crippen molar-refractivity contribution >= 4 is 0 Å². The summed E-state index contributed by atoms with van der Waals surface area (Å²) in [5.41, 5.74) is 4.81. The molecule has 0 saturated carbocycles. The van der Waals surface area contributed by atoms with E-state index in [0.29, 0.717) is 0 Å². The van der Waals surface area contributed by atoms with Gasteiger partial charge in [0.2, 0.25) is 0 Å². The first-order valence-electron chi connectivity index (χ1n) is 2.35. The van der Waals surface area contributed by atoms with E-state index in [1.54, 1.807) is 0 Å². The van der Waals surface area contributed by atoms with E-state index in [9.17, 15) is 15.3 Å². The summed E-state index contributed by atoms with van der Waals surface area (Å²) in [5, 5.41) is 29.4. The van der Waals surface area contributed by atoms with Gasteiger partial charge in [-0.2, -0.15) is 0 Å². The van der Waals surface area contributed by atoms with Crippen molar-refractivity contribution in [1.29, 1.82) is 0 Å². The molecule has 0 aromatic rings. The van der Waals surface area contributed by atoms with Gasteiger partial charge in [0.25, 0.3) is 0 Å². The van der Waals surface area contributed by atoms with Crippen LogP contribution in [0.2, 0.25) is 0 Å². The molecule has 1 unspecified atom stereocenters. The second-order valence-corrected chi connectivity index (χ2v) is 1.62. The van der Waals surface area contributed by atoms with Gasteiger partial charge >= 0.3 is 88.7 Å². The molecule has 0 aliphatic rings. The van der Waals surface area contributed by atoms with Crippen LogP contribution in [-0.2, 0) is 0 Å². The molecule has 0 fully saturated rings. The average Bonchev–Trinajstić information content (AvgIpc) is 1.62. The van der Waals surface area contributed by atoms with Crippen LogP contribution in [0.25, 0.3) is 0 Å². The van der Waals surface area contributed by atoms with Crippen molar-refractivity contribution in [3.05, 3.63) is 0 Å². The maximum absolute atomic E-state index is 9.80. The molecule has 0 aromatic carbocycles. The van der Waals surface area contributed by atoms with E-state index < -0.39 is 12.0 Å². The molecule has 4 nitrogen and oxygen atoms in total. The summed E-state index contributed by atoms with van der Waals surface area (Å²) in [5.74, 6) is -3.46. The maximum Gasteiger partial charge on any atom is 1.00 e. The first-order chi connectivity index (χ1) is 3.48. The largest absolute Gasteiger partial charge is 1.00 e. The van der Waals surface area contributed by atoms with E-state index in [1.165, 1.54) is 6.92 Å². The van der Waals surface area contributed by atoms with Gasteiger partial charge in [0.1, 0.15) is 0 Å². The topological polar surface area (TPSA) is 95.2 Å². The number of nitrogens with two attached hydrogens (primary N) is 1. The summed E-state index contributed by atoms with van der Waals surface area (Å²) >= 11 is 0. The minimum Gasteiger partial charge on any atom is -0.875 e. The Bertz CT molecular complexity index is 77.5. The van der Waals surface area contributed by atoms with Crippen LogP contribution in [0.3, 0.4) is 0 Å². The van der Waals surface area contributed by atoms with Crippen molar-refractivity contribution in [2.24, 2.45) is 5.73 Å². The zero-order valence-electron chi connectivity index (χ0n) is 7.59. The van der Waals surface area contributed by atoms with Crippen LogP contribution in [0.5, 0.6) is 0 Å². The molecule has 0 saturated heterocycles. The van der Waals surface area contributed by atoms with Crippen LogP contribution in [0.1, 0.15) is 13.3 Å².